The Morgan fingerprint density at radius 1 is 1.50 bits per heavy atom. The monoisotopic (exact) mass is 256 g/mol. The van der Waals surface area contributed by atoms with Crippen molar-refractivity contribution in [3.05, 3.63) is 35.4 Å². The third kappa shape index (κ3) is 1.88. The van der Waals surface area contributed by atoms with E-state index in [-0.39, 0.29) is 18.8 Å². The summed E-state index contributed by atoms with van der Waals surface area (Å²) >= 11 is 0. The maximum absolute atomic E-state index is 13.8. The van der Waals surface area contributed by atoms with Crippen LogP contribution in [0.5, 0.6) is 0 Å². The van der Waals surface area contributed by atoms with Crippen molar-refractivity contribution in [2.75, 3.05) is 13.2 Å². The fraction of sp³-hybridized carbons (Fsp3) is 0.462. The molecule has 0 bridgehead atoms. The Kier molecular flexibility index (Phi) is 3.34. The van der Waals surface area contributed by atoms with Gasteiger partial charge >= 0.3 is 5.97 Å². The van der Waals surface area contributed by atoms with Crippen molar-refractivity contribution in [2.24, 2.45) is 5.92 Å². The Bertz CT molecular complexity index is 469. The molecule has 1 unspecified atom stereocenters. The van der Waals surface area contributed by atoms with E-state index in [9.17, 15) is 18.7 Å². The standard InChI is InChI=1S/C13H14F2O3/c1-2-9(12(16)17)13(6-18-7-13)10-4-3-8(14)5-11(10)15/h3-5,9H,2,6-7H2,1H3,(H,16,17). The molecule has 1 atom stereocenters. The van der Waals surface area contributed by atoms with Gasteiger partial charge < -0.3 is 9.84 Å². The van der Waals surface area contributed by atoms with E-state index >= 15 is 0 Å². The number of benzene rings is 1. The quantitative estimate of drug-likeness (QED) is 0.899. The minimum absolute atomic E-state index is 0.153. The molecule has 1 N–H and O–H groups in total. The number of carbonyl (C=O) groups is 1. The number of carboxylic acids is 1. The van der Waals surface area contributed by atoms with Crippen LogP contribution in [-0.2, 0) is 14.9 Å². The van der Waals surface area contributed by atoms with Crippen LogP contribution in [0.1, 0.15) is 18.9 Å². The summed E-state index contributed by atoms with van der Waals surface area (Å²) in [6, 6.07) is 3.25. The maximum atomic E-state index is 13.8. The molecular formula is C13H14F2O3. The molecule has 0 amide bonds. The number of hydrogen-bond donors (Lipinski definition) is 1. The zero-order valence-corrected chi connectivity index (χ0v) is 9.95. The van der Waals surface area contributed by atoms with Crippen LogP contribution >= 0.6 is 0 Å². The minimum Gasteiger partial charge on any atom is -0.481 e. The average Bonchev–Trinajstić information content (AvgIpc) is 2.23. The van der Waals surface area contributed by atoms with Crippen LogP contribution < -0.4 is 0 Å². The molecule has 1 aromatic carbocycles. The lowest BCUT2D eigenvalue weighted by molar-refractivity contribution is -0.157. The lowest BCUT2D eigenvalue weighted by atomic mass is 9.67. The maximum Gasteiger partial charge on any atom is 0.307 e. The molecule has 3 nitrogen and oxygen atoms in total. The minimum atomic E-state index is -0.982. The lowest BCUT2D eigenvalue weighted by Gasteiger charge is -2.45. The second kappa shape index (κ2) is 4.65. The summed E-state index contributed by atoms with van der Waals surface area (Å²) in [4.78, 5) is 11.3. The van der Waals surface area contributed by atoms with Gasteiger partial charge in [-0.25, -0.2) is 8.78 Å². The van der Waals surface area contributed by atoms with Crippen LogP contribution in [0.25, 0.3) is 0 Å². The van der Waals surface area contributed by atoms with Gasteiger partial charge in [-0.3, -0.25) is 4.79 Å². The van der Waals surface area contributed by atoms with Crippen LogP contribution in [0.15, 0.2) is 18.2 Å². The van der Waals surface area contributed by atoms with Gasteiger partial charge in [0.1, 0.15) is 11.6 Å². The number of hydrogen-bond acceptors (Lipinski definition) is 2. The molecule has 0 aromatic heterocycles. The Morgan fingerprint density at radius 2 is 2.17 bits per heavy atom. The summed E-state index contributed by atoms with van der Waals surface area (Å²) < 4.78 is 31.8. The number of ether oxygens (including phenoxy) is 1. The van der Waals surface area contributed by atoms with E-state index in [4.69, 9.17) is 4.74 Å². The van der Waals surface area contributed by atoms with Crippen molar-refractivity contribution < 1.29 is 23.4 Å². The van der Waals surface area contributed by atoms with Gasteiger partial charge in [-0.05, 0) is 18.1 Å². The van der Waals surface area contributed by atoms with Gasteiger partial charge in [-0.15, -0.1) is 0 Å². The van der Waals surface area contributed by atoms with Crippen molar-refractivity contribution in [3.63, 3.8) is 0 Å². The van der Waals surface area contributed by atoms with Gasteiger partial charge in [0, 0.05) is 6.07 Å². The van der Waals surface area contributed by atoms with Gasteiger partial charge in [0.05, 0.1) is 24.5 Å². The molecule has 1 aliphatic rings. The number of halogens is 2. The summed E-state index contributed by atoms with van der Waals surface area (Å²) in [6.45, 7) is 2.04. The van der Waals surface area contributed by atoms with E-state index in [0.29, 0.717) is 6.42 Å². The highest BCUT2D eigenvalue weighted by atomic mass is 19.1. The number of carboxylic acid groups (broad SMARTS) is 1. The SMILES string of the molecule is CCC(C(=O)O)C1(c2ccc(F)cc2F)COC1. The Morgan fingerprint density at radius 3 is 2.56 bits per heavy atom. The lowest BCUT2D eigenvalue weighted by Crippen LogP contribution is -2.55. The largest absolute Gasteiger partial charge is 0.481 e. The predicted molar refractivity (Wildman–Crippen MR) is 60.3 cm³/mol. The topological polar surface area (TPSA) is 46.5 Å². The van der Waals surface area contributed by atoms with Crippen molar-refractivity contribution in [1.82, 2.24) is 0 Å². The summed E-state index contributed by atoms with van der Waals surface area (Å²) in [6.07, 6.45) is 0.371. The average molecular weight is 256 g/mol. The molecule has 1 saturated heterocycles. The highest BCUT2D eigenvalue weighted by Gasteiger charge is 2.51. The van der Waals surface area contributed by atoms with Crippen LogP contribution in [0.4, 0.5) is 8.78 Å². The van der Waals surface area contributed by atoms with Crippen LogP contribution in [0.2, 0.25) is 0 Å². The Hall–Kier alpha value is -1.49. The van der Waals surface area contributed by atoms with E-state index in [1.54, 1.807) is 6.92 Å². The second-order valence-electron chi connectivity index (χ2n) is 4.57. The highest BCUT2D eigenvalue weighted by molar-refractivity contribution is 5.73. The van der Waals surface area contributed by atoms with Crippen molar-refractivity contribution >= 4 is 5.97 Å². The molecule has 0 aliphatic carbocycles. The molecule has 1 aliphatic heterocycles. The Labute approximate surface area is 103 Å². The fourth-order valence-corrected chi connectivity index (χ4v) is 2.56. The van der Waals surface area contributed by atoms with Gasteiger partial charge in [0.25, 0.3) is 0 Å². The van der Waals surface area contributed by atoms with Crippen molar-refractivity contribution in [3.8, 4) is 0 Å². The molecule has 0 radical (unpaired) electrons. The van der Waals surface area contributed by atoms with E-state index in [0.717, 1.165) is 12.1 Å². The smallest absolute Gasteiger partial charge is 0.307 e. The first kappa shape index (κ1) is 13.0. The molecule has 1 heterocycles. The molecule has 98 valence electrons. The summed E-state index contributed by atoms with van der Waals surface area (Å²) in [7, 11) is 0. The second-order valence-corrected chi connectivity index (χ2v) is 4.57. The highest BCUT2D eigenvalue weighted by Crippen LogP contribution is 2.42. The molecule has 0 saturated carbocycles. The molecule has 18 heavy (non-hydrogen) atoms. The zero-order valence-electron chi connectivity index (χ0n) is 9.95. The third-order valence-corrected chi connectivity index (χ3v) is 3.56. The first-order valence-electron chi connectivity index (χ1n) is 5.77. The van der Waals surface area contributed by atoms with Gasteiger partial charge in [0.15, 0.2) is 0 Å². The summed E-state index contributed by atoms with van der Waals surface area (Å²) in [5.74, 6) is -3.09. The fourth-order valence-electron chi connectivity index (χ4n) is 2.56. The Balaban J connectivity index is 2.46. The van der Waals surface area contributed by atoms with Gasteiger partial charge in [0.2, 0.25) is 0 Å². The van der Waals surface area contributed by atoms with Gasteiger partial charge in [-0.1, -0.05) is 13.0 Å². The van der Waals surface area contributed by atoms with Crippen molar-refractivity contribution in [2.45, 2.75) is 18.8 Å². The molecule has 1 fully saturated rings. The first-order chi connectivity index (χ1) is 8.51. The van der Waals surface area contributed by atoms with E-state index in [1.165, 1.54) is 6.07 Å². The molecule has 0 spiro atoms. The first-order valence-corrected chi connectivity index (χ1v) is 5.77. The predicted octanol–water partition coefficient (Wildman–Crippen LogP) is 2.34. The molecular weight excluding hydrogens is 242 g/mol. The normalized spacial score (nSPS) is 19.1. The van der Waals surface area contributed by atoms with Crippen LogP contribution in [0, 0.1) is 17.6 Å². The summed E-state index contributed by atoms with van der Waals surface area (Å²) in [5, 5.41) is 9.23. The van der Waals surface area contributed by atoms with Crippen molar-refractivity contribution in [1.29, 1.82) is 0 Å². The molecule has 1 aromatic rings. The van der Waals surface area contributed by atoms with E-state index in [2.05, 4.69) is 0 Å². The molecule has 5 heteroatoms. The van der Waals surface area contributed by atoms with E-state index < -0.39 is 28.9 Å². The van der Waals surface area contributed by atoms with Crippen LogP contribution in [-0.4, -0.2) is 24.3 Å². The number of aliphatic carboxylic acids is 1. The summed E-state index contributed by atoms with van der Waals surface area (Å²) in [5.41, 5.74) is -0.650. The number of rotatable bonds is 4. The molecule has 2 rings (SSSR count). The van der Waals surface area contributed by atoms with Gasteiger partial charge in [-0.2, -0.15) is 0 Å². The van der Waals surface area contributed by atoms with E-state index in [1.807, 2.05) is 0 Å². The third-order valence-electron chi connectivity index (χ3n) is 3.56. The zero-order chi connectivity index (χ0) is 13.3. The van der Waals surface area contributed by atoms with Crippen LogP contribution in [0.3, 0.4) is 0 Å².